The van der Waals surface area contributed by atoms with Gasteiger partial charge in [0.15, 0.2) is 0 Å². The van der Waals surface area contributed by atoms with Crippen molar-refractivity contribution >= 4 is 5.91 Å². The molecule has 0 aromatic heterocycles. The van der Waals surface area contributed by atoms with Crippen molar-refractivity contribution in [1.82, 2.24) is 5.32 Å². The van der Waals surface area contributed by atoms with Gasteiger partial charge in [-0.1, -0.05) is 52.3 Å². The van der Waals surface area contributed by atoms with Crippen LogP contribution in [0, 0.1) is 11.3 Å². The number of carbonyl (C=O) groups is 1. The molecule has 1 fully saturated rings. The third-order valence-corrected chi connectivity index (χ3v) is 6.91. The van der Waals surface area contributed by atoms with E-state index in [0.717, 1.165) is 6.54 Å². The second kappa shape index (κ2) is 6.20. The predicted octanol–water partition coefficient (Wildman–Crippen LogP) is 4.96. The summed E-state index contributed by atoms with van der Waals surface area (Å²) in [4.78, 5) is 11.5. The van der Waals surface area contributed by atoms with E-state index in [4.69, 9.17) is 0 Å². The fourth-order valence-corrected chi connectivity index (χ4v) is 5.54. The van der Waals surface area contributed by atoms with E-state index in [-0.39, 0.29) is 16.7 Å². The zero-order valence-corrected chi connectivity index (χ0v) is 16.0. The van der Waals surface area contributed by atoms with E-state index >= 15 is 0 Å². The number of nitrogens with one attached hydrogen (secondary N) is 1. The summed E-state index contributed by atoms with van der Waals surface area (Å²) in [6, 6.07) is 7.22. The maximum atomic E-state index is 11.5. The highest BCUT2D eigenvalue weighted by Gasteiger charge is 2.51. The summed E-state index contributed by atoms with van der Waals surface area (Å²) >= 11 is 0. The van der Waals surface area contributed by atoms with Gasteiger partial charge in [0.1, 0.15) is 0 Å². The Hall–Kier alpha value is -1.31. The summed E-state index contributed by atoms with van der Waals surface area (Å²) in [6.45, 7) is 11.9. The Morgan fingerprint density at radius 1 is 1.29 bits per heavy atom. The first-order valence-corrected chi connectivity index (χ1v) is 9.64. The first-order chi connectivity index (χ1) is 11.3. The van der Waals surface area contributed by atoms with Gasteiger partial charge in [-0.15, -0.1) is 0 Å². The highest BCUT2D eigenvalue weighted by Crippen LogP contribution is 2.57. The van der Waals surface area contributed by atoms with Crippen molar-refractivity contribution in [3.63, 3.8) is 0 Å². The van der Waals surface area contributed by atoms with Gasteiger partial charge in [-0.25, -0.2) is 0 Å². The minimum Gasteiger partial charge on any atom is -0.356 e. The zero-order valence-electron chi connectivity index (χ0n) is 16.0. The third-order valence-electron chi connectivity index (χ3n) is 6.91. The Morgan fingerprint density at radius 2 is 2.04 bits per heavy atom. The standard InChI is InChI=1S/C22H33NO/c1-15(2)17-7-9-19-18(13-17)8-10-20-21(4,14-23-16(3)24)11-6-12-22(19,20)5/h7,9,13,15,20H,6,8,10-12,14H2,1-5H3,(H,23,24)/t20?,21-,22+/m0/s1. The number of aryl methyl sites for hydroxylation is 1. The van der Waals surface area contributed by atoms with E-state index in [2.05, 4.69) is 51.2 Å². The molecule has 3 atom stereocenters. The fourth-order valence-electron chi connectivity index (χ4n) is 5.54. The van der Waals surface area contributed by atoms with E-state index in [0.29, 0.717) is 11.8 Å². The van der Waals surface area contributed by atoms with Gasteiger partial charge in [-0.2, -0.15) is 0 Å². The lowest BCUT2D eigenvalue weighted by Crippen LogP contribution is -2.53. The first kappa shape index (κ1) is 17.5. The summed E-state index contributed by atoms with van der Waals surface area (Å²) < 4.78 is 0. The quantitative estimate of drug-likeness (QED) is 0.835. The number of hydrogen-bond acceptors (Lipinski definition) is 1. The van der Waals surface area contributed by atoms with Gasteiger partial charge in [0, 0.05) is 13.5 Å². The van der Waals surface area contributed by atoms with Crippen LogP contribution in [0.2, 0.25) is 0 Å². The molecule has 1 amide bonds. The van der Waals surface area contributed by atoms with Crippen LogP contribution in [0.4, 0.5) is 0 Å². The Balaban J connectivity index is 1.95. The number of rotatable bonds is 3. The number of amides is 1. The van der Waals surface area contributed by atoms with Gasteiger partial charge in [0.2, 0.25) is 5.91 Å². The van der Waals surface area contributed by atoms with Crippen molar-refractivity contribution in [3.05, 3.63) is 34.9 Å². The van der Waals surface area contributed by atoms with E-state index in [9.17, 15) is 4.79 Å². The number of benzene rings is 1. The Morgan fingerprint density at radius 3 is 2.71 bits per heavy atom. The van der Waals surface area contributed by atoms with Crippen LogP contribution in [-0.2, 0) is 16.6 Å². The minimum atomic E-state index is 0.0984. The molecule has 0 radical (unpaired) electrons. The van der Waals surface area contributed by atoms with Crippen LogP contribution in [0.5, 0.6) is 0 Å². The lowest BCUT2D eigenvalue weighted by atomic mass is 9.49. The molecule has 1 N–H and O–H groups in total. The normalized spacial score (nSPS) is 32.2. The molecule has 2 nitrogen and oxygen atoms in total. The van der Waals surface area contributed by atoms with Crippen LogP contribution in [0.3, 0.4) is 0 Å². The van der Waals surface area contributed by atoms with Gasteiger partial charge in [0.05, 0.1) is 0 Å². The topological polar surface area (TPSA) is 29.1 Å². The van der Waals surface area contributed by atoms with E-state index in [1.807, 2.05) is 0 Å². The monoisotopic (exact) mass is 327 g/mol. The van der Waals surface area contributed by atoms with Crippen molar-refractivity contribution < 1.29 is 4.79 Å². The van der Waals surface area contributed by atoms with Crippen molar-refractivity contribution in [2.24, 2.45) is 11.3 Å². The van der Waals surface area contributed by atoms with E-state index < -0.39 is 0 Å². The molecule has 0 spiro atoms. The van der Waals surface area contributed by atoms with Crippen LogP contribution >= 0.6 is 0 Å². The largest absolute Gasteiger partial charge is 0.356 e. The lowest BCUT2D eigenvalue weighted by molar-refractivity contribution is -0.120. The van der Waals surface area contributed by atoms with Crippen LogP contribution in [0.1, 0.15) is 82.9 Å². The van der Waals surface area contributed by atoms with Gasteiger partial charge in [0.25, 0.3) is 0 Å². The summed E-state index contributed by atoms with van der Waals surface area (Å²) in [6.07, 6.45) is 6.20. The number of carbonyl (C=O) groups excluding carboxylic acids is 1. The fraction of sp³-hybridized carbons (Fsp3) is 0.682. The molecule has 0 bridgehead atoms. The van der Waals surface area contributed by atoms with E-state index in [1.54, 1.807) is 18.1 Å². The van der Waals surface area contributed by atoms with Gasteiger partial charge < -0.3 is 5.32 Å². The number of fused-ring (bicyclic) bond motifs is 3. The summed E-state index contributed by atoms with van der Waals surface area (Å²) in [7, 11) is 0. The van der Waals surface area contributed by atoms with Crippen molar-refractivity contribution in [1.29, 1.82) is 0 Å². The molecule has 0 heterocycles. The molecular weight excluding hydrogens is 294 g/mol. The molecule has 1 unspecified atom stereocenters. The average Bonchev–Trinajstić information content (AvgIpc) is 2.52. The van der Waals surface area contributed by atoms with Gasteiger partial charge >= 0.3 is 0 Å². The third kappa shape index (κ3) is 2.89. The van der Waals surface area contributed by atoms with Gasteiger partial charge in [-0.05, 0) is 65.0 Å². The van der Waals surface area contributed by atoms with Crippen LogP contribution in [0.25, 0.3) is 0 Å². The van der Waals surface area contributed by atoms with Crippen molar-refractivity contribution in [2.75, 3.05) is 6.54 Å². The molecule has 24 heavy (non-hydrogen) atoms. The molecule has 1 aromatic rings. The first-order valence-electron chi connectivity index (χ1n) is 9.64. The summed E-state index contributed by atoms with van der Waals surface area (Å²) in [5, 5.41) is 3.12. The zero-order chi connectivity index (χ0) is 17.5. The summed E-state index contributed by atoms with van der Waals surface area (Å²) in [5.74, 6) is 1.35. The Bertz CT molecular complexity index is 635. The van der Waals surface area contributed by atoms with Gasteiger partial charge in [-0.3, -0.25) is 4.79 Å². The highest BCUT2D eigenvalue weighted by atomic mass is 16.1. The molecule has 2 aliphatic carbocycles. The molecule has 1 saturated carbocycles. The average molecular weight is 328 g/mol. The molecule has 1 aromatic carbocycles. The molecule has 0 saturated heterocycles. The maximum Gasteiger partial charge on any atom is 0.216 e. The molecule has 3 rings (SSSR count). The van der Waals surface area contributed by atoms with E-state index in [1.165, 1.54) is 37.7 Å². The Labute approximate surface area is 147 Å². The predicted molar refractivity (Wildman–Crippen MR) is 100 cm³/mol. The molecule has 132 valence electrons. The van der Waals surface area contributed by atoms with Crippen LogP contribution < -0.4 is 5.32 Å². The molecule has 2 heteroatoms. The molecule has 0 aliphatic heterocycles. The Kier molecular flexibility index (Phi) is 4.53. The molecule has 2 aliphatic rings. The lowest BCUT2D eigenvalue weighted by Gasteiger charge is -2.55. The smallest absolute Gasteiger partial charge is 0.216 e. The van der Waals surface area contributed by atoms with Crippen LogP contribution in [-0.4, -0.2) is 12.5 Å². The molecular formula is C22H33NO. The second-order valence-electron chi connectivity index (χ2n) is 9.00. The number of hydrogen-bond donors (Lipinski definition) is 1. The van der Waals surface area contributed by atoms with Crippen molar-refractivity contribution in [3.8, 4) is 0 Å². The minimum absolute atomic E-state index is 0.0984. The highest BCUT2D eigenvalue weighted by molar-refractivity contribution is 5.72. The maximum absolute atomic E-state index is 11.5. The van der Waals surface area contributed by atoms with Crippen molar-refractivity contribution in [2.45, 2.75) is 78.1 Å². The SMILES string of the molecule is CC(=O)NC[C@]1(C)CCC[C@]2(C)c3ccc(C(C)C)cc3CCC12. The second-order valence-corrected chi connectivity index (χ2v) is 9.00. The van der Waals surface area contributed by atoms with Crippen LogP contribution in [0.15, 0.2) is 18.2 Å². The summed E-state index contributed by atoms with van der Waals surface area (Å²) in [5.41, 5.74) is 5.09.